The number of fused-ring (bicyclic) bond motifs is 2. The highest BCUT2D eigenvalue weighted by Crippen LogP contribution is 2.37. The number of aryl methyl sites for hydroxylation is 1. The van der Waals surface area contributed by atoms with Crippen LogP contribution in [0.5, 0.6) is 0 Å². The molecule has 0 bridgehead atoms. The van der Waals surface area contributed by atoms with Gasteiger partial charge in [-0.3, -0.25) is 38.4 Å². The third kappa shape index (κ3) is 8.31. The van der Waals surface area contributed by atoms with Crippen LogP contribution in [-0.4, -0.2) is 84.1 Å². The minimum Gasteiger partial charge on any atom is -0.320 e. The minimum atomic E-state index is -4.77. The molecule has 8 rings (SSSR count). The Morgan fingerprint density at radius 3 is 2.42 bits per heavy atom. The van der Waals surface area contributed by atoms with Crippen molar-refractivity contribution in [2.45, 2.75) is 88.6 Å². The third-order valence-corrected chi connectivity index (χ3v) is 12.5. The van der Waals surface area contributed by atoms with E-state index < -0.39 is 47.4 Å². The molecule has 2 saturated heterocycles. The monoisotopic (exact) mass is 835 g/mol. The van der Waals surface area contributed by atoms with Crippen molar-refractivity contribution >= 4 is 45.3 Å². The summed E-state index contributed by atoms with van der Waals surface area (Å²) in [6.45, 7) is 3.42. The topological polar surface area (TPSA) is 139 Å². The number of carbonyl (C=O) groups is 3. The minimum absolute atomic E-state index is 0.0643. The first-order valence-corrected chi connectivity index (χ1v) is 20.3. The molecule has 18 heteroatoms. The van der Waals surface area contributed by atoms with Crippen molar-refractivity contribution in [3.05, 3.63) is 87.7 Å². The van der Waals surface area contributed by atoms with Gasteiger partial charge in [-0.05, 0) is 107 Å². The number of rotatable bonds is 10. The highest BCUT2D eigenvalue weighted by atomic mass is 19.4. The fraction of sp³-hybridized carbons (Fsp3) is 0.476. The molecule has 2 aliphatic heterocycles. The number of carbonyl (C=O) groups excluding carboxylic acids is 3. The van der Waals surface area contributed by atoms with E-state index in [1.807, 2.05) is 18.2 Å². The second-order valence-corrected chi connectivity index (χ2v) is 16.4. The molecular formula is C42H46F5N9O4. The summed E-state index contributed by atoms with van der Waals surface area (Å²) in [5.41, 5.74) is 0.0417. The summed E-state index contributed by atoms with van der Waals surface area (Å²) < 4.78 is 72.7. The second-order valence-electron chi connectivity index (χ2n) is 16.4. The molecule has 1 unspecified atom stereocenters. The number of alkyl halides is 5. The van der Waals surface area contributed by atoms with E-state index in [-0.39, 0.29) is 36.2 Å². The zero-order valence-corrected chi connectivity index (χ0v) is 33.2. The van der Waals surface area contributed by atoms with E-state index in [0.717, 1.165) is 87.4 Å². The summed E-state index contributed by atoms with van der Waals surface area (Å²) in [5, 5.41) is 9.84. The van der Waals surface area contributed by atoms with Crippen molar-refractivity contribution in [3.8, 4) is 0 Å². The Kier molecular flexibility index (Phi) is 11.4. The number of anilines is 1. The van der Waals surface area contributed by atoms with Gasteiger partial charge in [0.2, 0.25) is 11.8 Å². The molecular weight excluding hydrogens is 790 g/mol. The molecule has 1 atom stereocenters. The maximum absolute atomic E-state index is 14.1. The van der Waals surface area contributed by atoms with Crippen molar-refractivity contribution in [1.82, 2.24) is 39.0 Å². The molecule has 60 heavy (non-hydrogen) atoms. The number of hydrogen-bond acceptors (Lipinski definition) is 8. The number of halogens is 5. The lowest BCUT2D eigenvalue weighted by molar-refractivity contribution is -0.141. The quantitative estimate of drug-likeness (QED) is 0.119. The number of nitrogens with zero attached hydrogens (tertiary/aromatic N) is 7. The van der Waals surface area contributed by atoms with E-state index in [9.17, 15) is 41.1 Å². The van der Waals surface area contributed by atoms with Crippen LogP contribution in [0.2, 0.25) is 0 Å². The first-order chi connectivity index (χ1) is 28.6. The van der Waals surface area contributed by atoms with E-state index in [4.69, 9.17) is 0 Å². The maximum Gasteiger partial charge on any atom is 0.433 e. The predicted octanol–water partition coefficient (Wildman–Crippen LogP) is 6.60. The van der Waals surface area contributed by atoms with Gasteiger partial charge in [-0.2, -0.15) is 18.3 Å². The van der Waals surface area contributed by atoms with Gasteiger partial charge in [0.05, 0.1) is 28.3 Å². The number of benzene rings is 2. The molecule has 318 valence electrons. The van der Waals surface area contributed by atoms with Crippen LogP contribution in [-0.2, 0) is 29.4 Å². The molecule has 2 N–H and O–H groups in total. The zero-order chi connectivity index (χ0) is 42.5. The fourth-order valence-electron chi connectivity index (χ4n) is 9.27. The first-order valence-electron chi connectivity index (χ1n) is 20.3. The first kappa shape index (κ1) is 41.3. The van der Waals surface area contributed by atoms with Gasteiger partial charge in [-0.15, -0.1) is 0 Å². The Labute approximate surface area is 341 Å². The maximum atomic E-state index is 14.1. The van der Waals surface area contributed by atoms with Gasteiger partial charge in [0.25, 0.3) is 12.3 Å². The van der Waals surface area contributed by atoms with Gasteiger partial charge in [0.1, 0.15) is 17.4 Å². The molecule has 1 saturated carbocycles. The average Bonchev–Trinajstić information content (AvgIpc) is 3.75. The smallest absolute Gasteiger partial charge is 0.320 e. The molecule has 1 aliphatic carbocycles. The Hall–Kier alpha value is -5.49. The van der Waals surface area contributed by atoms with Crippen molar-refractivity contribution in [3.63, 3.8) is 0 Å². The standard InChI is InChI=1S/C42H46F5N9O4/c1-52(27-15-17-54(18-16-27)22-25-5-3-7-33-37(25)53(2)41(60)56(33)34-13-14-36(57)50-40(34)59)21-24-9-11-28(12-10-24)55-23-26-19-32(29(38(43)44)20-31(26)51-55)49-39(58)30-6-4-8-35(48-30)42(45,46)47/h3-8,19-20,23-24,27-28,34,38H,9-18,21-22H2,1-2H3,(H,49,58)(H,50,57,59)/t24-,28-,34?. The lowest BCUT2D eigenvalue weighted by Gasteiger charge is -2.39. The van der Waals surface area contributed by atoms with Crippen LogP contribution < -0.4 is 16.3 Å². The number of amides is 3. The van der Waals surface area contributed by atoms with Crippen molar-refractivity contribution in [1.29, 1.82) is 0 Å². The SMILES string of the molecule is CN(C[C@H]1CC[C@H](n2cc3cc(NC(=O)c4cccc(C(F)(F)F)n4)c(C(F)F)cc3n2)CC1)C1CCN(Cc2cccc3c2n(C)c(=O)n3C2CCC(=O)NC2=O)CC1. The van der Waals surface area contributed by atoms with Crippen molar-refractivity contribution in [2.75, 3.05) is 32.0 Å². The summed E-state index contributed by atoms with van der Waals surface area (Å²) in [4.78, 5) is 58.9. The van der Waals surface area contributed by atoms with Crippen LogP contribution >= 0.6 is 0 Å². The van der Waals surface area contributed by atoms with Gasteiger partial charge in [0, 0.05) is 49.7 Å². The molecule has 2 aromatic carbocycles. The van der Waals surface area contributed by atoms with E-state index in [1.54, 1.807) is 22.5 Å². The van der Waals surface area contributed by atoms with Gasteiger partial charge in [0.15, 0.2) is 0 Å². The molecule has 3 fully saturated rings. The van der Waals surface area contributed by atoms with Crippen LogP contribution in [0, 0.1) is 5.92 Å². The molecule has 5 heterocycles. The number of hydrogen-bond donors (Lipinski definition) is 2. The predicted molar refractivity (Wildman–Crippen MR) is 212 cm³/mol. The summed E-state index contributed by atoms with van der Waals surface area (Å²) >= 11 is 0. The summed E-state index contributed by atoms with van der Waals surface area (Å²) in [6.07, 6.45) is 0.152. The number of nitrogens with one attached hydrogen (secondary N) is 2. The van der Waals surface area contributed by atoms with Crippen molar-refractivity contribution in [2.24, 2.45) is 13.0 Å². The summed E-state index contributed by atoms with van der Waals surface area (Å²) in [5.74, 6) is -1.33. The number of aromatic nitrogens is 5. The Morgan fingerprint density at radius 2 is 1.72 bits per heavy atom. The van der Waals surface area contributed by atoms with Crippen LogP contribution in [0.25, 0.3) is 21.9 Å². The van der Waals surface area contributed by atoms with Crippen LogP contribution in [0.4, 0.5) is 27.6 Å². The van der Waals surface area contributed by atoms with Gasteiger partial charge in [-0.25, -0.2) is 18.6 Å². The Morgan fingerprint density at radius 1 is 0.983 bits per heavy atom. The summed E-state index contributed by atoms with van der Waals surface area (Å²) in [6, 6.07) is 11.0. The number of pyridine rings is 1. The van der Waals surface area contributed by atoms with Crippen molar-refractivity contribution < 1.29 is 36.3 Å². The fourth-order valence-corrected chi connectivity index (χ4v) is 9.27. The van der Waals surface area contributed by atoms with E-state index in [0.29, 0.717) is 34.9 Å². The lowest BCUT2D eigenvalue weighted by Crippen LogP contribution is -2.44. The lowest BCUT2D eigenvalue weighted by atomic mass is 9.85. The van der Waals surface area contributed by atoms with Crippen LogP contribution in [0.3, 0.4) is 0 Å². The number of imidazole rings is 1. The highest BCUT2D eigenvalue weighted by Gasteiger charge is 2.34. The van der Waals surface area contributed by atoms with Crippen LogP contribution in [0.1, 0.15) is 97.2 Å². The molecule has 0 radical (unpaired) electrons. The van der Waals surface area contributed by atoms with Gasteiger partial charge >= 0.3 is 11.9 Å². The zero-order valence-electron chi connectivity index (χ0n) is 33.2. The number of imide groups is 1. The Balaban J connectivity index is 0.851. The van der Waals surface area contributed by atoms with E-state index >= 15 is 0 Å². The second kappa shape index (κ2) is 16.5. The molecule has 3 aromatic heterocycles. The number of likely N-dealkylation sites (tertiary alicyclic amines) is 1. The van der Waals surface area contributed by atoms with Gasteiger partial charge < -0.3 is 10.2 Å². The Bertz CT molecular complexity index is 2500. The number of piperidine rings is 2. The number of para-hydroxylation sites is 1. The largest absolute Gasteiger partial charge is 0.433 e. The summed E-state index contributed by atoms with van der Waals surface area (Å²) in [7, 11) is 3.91. The molecule has 3 amide bonds. The average molecular weight is 836 g/mol. The molecule has 5 aromatic rings. The molecule has 3 aliphatic rings. The molecule has 13 nitrogen and oxygen atoms in total. The van der Waals surface area contributed by atoms with E-state index in [1.165, 1.54) is 16.7 Å². The third-order valence-electron chi connectivity index (χ3n) is 12.5. The molecule has 0 spiro atoms. The van der Waals surface area contributed by atoms with Crippen LogP contribution in [0.15, 0.2) is 59.5 Å². The highest BCUT2D eigenvalue weighted by molar-refractivity contribution is 6.04. The normalized spacial score (nSPS) is 21.1. The van der Waals surface area contributed by atoms with Gasteiger partial charge in [-0.1, -0.05) is 18.2 Å². The van der Waals surface area contributed by atoms with E-state index in [2.05, 4.69) is 37.6 Å².